The molecular weight excluding hydrogens is 731 g/mol. The van der Waals surface area contributed by atoms with Crippen molar-refractivity contribution in [3.63, 3.8) is 0 Å². The number of nitrogens with one attached hydrogen (secondary N) is 3. The van der Waals surface area contributed by atoms with Crippen LogP contribution in [0.4, 0.5) is 0 Å². The Kier molecular flexibility index (Phi) is 17.9. The number of benzene rings is 2. The first-order chi connectivity index (χ1) is 25.9. The van der Waals surface area contributed by atoms with Crippen LogP contribution in [0.1, 0.15) is 79.8 Å². The van der Waals surface area contributed by atoms with E-state index in [1.54, 1.807) is 37.5 Å². The van der Waals surface area contributed by atoms with Crippen LogP contribution in [0.5, 0.6) is 5.75 Å². The number of nitrogens with zero attached hydrogens (tertiary/aromatic N) is 2. The van der Waals surface area contributed by atoms with Gasteiger partial charge in [-0.25, -0.2) is 0 Å². The molecule has 54 heavy (non-hydrogen) atoms. The summed E-state index contributed by atoms with van der Waals surface area (Å²) in [6, 6.07) is 11.0. The van der Waals surface area contributed by atoms with Crippen molar-refractivity contribution in [1.82, 2.24) is 20.9 Å². The summed E-state index contributed by atoms with van der Waals surface area (Å²) < 4.78 is 5.64. The van der Waals surface area contributed by atoms with Gasteiger partial charge in [-0.05, 0) is 86.5 Å². The summed E-state index contributed by atoms with van der Waals surface area (Å²) in [4.78, 5) is 71.6. The number of amides is 5. The molecule has 1 aliphatic heterocycles. The van der Waals surface area contributed by atoms with Crippen LogP contribution in [0.2, 0.25) is 0 Å². The molecule has 0 radical (unpaired) electrons. The van der Waals surface area contributed by atoms with Gasteiger partial charge in [0.2, 0.25) is 17.7 Å². The largest absolute Gasteiger partial charge is 0.497 e. The number of hydrogen-bond acceptors (Lipinski definition) is 10. The Morgan fingerprint density at radius 1 is 0.870 bits per heavy atom. The molecule has 0 saturated carbocycles. The van der Waals surface area contributed by atoms with Crippen LogP contribution < -0.4 is 43.6 Å². The number of nitrogens with two attached hydrogens (primary N) is 4. The van der Waals surface area contributed by atoms with Crippen LogP contribution in [0.25, 0.3) is 6.08 Å². The van der Waals surface area contributed by atoms with Gasteiger partial charge in [-0.2, -0.15) is 0 Å². The molecule has 17 heteroatoms. The van der Waals surface area contributed by atoms with Gasteiger partial charge in [0.15, 0.2) is 5.96 Å². The van der Waals surface area contributed by atoms with Crippen molar-refractivity contribution in [1.29, 1.82) is 0 Å². The number of thiocarbonyl (C=S) groups is 1. The topological polar surface area (TPSA) is 250 Å². The summed E-state index contributed by atoms with van der Waals surface area (Å²) in [5, 5.41) is 8.20. The van der Waals surface area contributed by atoms with E-state index in [1.807, 2.05) is 31.2 Å². The molecule has 5 amide bonds. The second-order valence-corrected chi connectivity index (χ2v) is 14.3. The van der Waals surface area contributed by atoms with Crippen molar-refractivity contribution in [3.8, 4) is 5.75 Å². The smallest absolute Gasteiger partial charge is 0.266 e. The Hall–Kier alpha value is -5.00. The van der Waals surface area contributed by atoms with Crippen LogP contribution in [0.15, 0.2) is 58.4 Å². The molecule has 1 heterocycles. The highest BCUT2D eigenvalue weighted by atomic mass is 32.2. The Labute approximate surface area is 325 Å². The van der Waals surface area contributed by atoms with E-state index in [9.17, 15) is 24.0 Å². The molecule has 1 fully saturated rings. The number of aliphatic imine (C=N–C) groups is 1. The van der Waals surface area contributed by atoms with Gasteiger partial charge in [0, 0.05) is 12.1 Å². The molecule has 0 spiro atoms. The highest BCUT2D eigenvalue weighted by Crippen LogP contribution is 2.34. The lowest BCUT2D eigenvalue weighted by molar-refractivity contribution is -0.132. The molecule has 15 nitrogen and oxygen atoms in total. The number of carbonyl (C=O) groups is 5. The first-order valence-corrected chi connectivity index (χ1v) is 19.0. The maximum absolute atomic E-state index is 13.7. The van der Waals surface area contributed by atoms with Crippen LogP contribution in [-0.2, 0) is 25.7 Å². The third-order valence-electron chi connectivity index (χ3n) is 8.50. The molecule has 0 aliphatic carbocycles. The van der Waals surface area contributed by atoms with Crippen molar-refractivity contribution in [2.75, 3.05) is 20.2 Å². The van der Waals surface area contributed by atoms with Gasteiger partial charge < -0.3 is 43.6 Å². The summed E-state index contributed by atoms with van der Waals surface area (Å²) in [5.41, 5.74) is 23.9. The van der Waals surface area contributed by atoms with Gasteiger partial charge in [0.1, 0.15) is 28.2 Å². The molecular formula is C37H51N9O6S2. The number of rotatable bonds is 22. The molecule has 2 aromatic carbocycles. The normalized spacial score (nSPS) is 14.9. The highest BCUT2D eigenvalue weighted by Gasteiger charge is 2.32. The van der Waals surface area contributed by atoms with E-state index in [0.29, 0.717) is 65.7 Å². The van der Waals surface area contributed by atoms with Gasteiger partial charge in [0.25, 0.3) is 11.8 Å². The second-order valence-electron chi connectivity index (χ2n) is 12.7. The quantitative estimate of drug-likeness (QED) is 0.0299. The minimum Gasteiger partial charge on any atom is -0.497 e. The van der Waals surface area contributed by atoms with E-state index in [4.69, 9.17) is 39.9 Å². The maximum atomic E-state index is 13.7. The molecule has 1 aliphatic rings. The van der Waals surface area contributed by atoms with Crippen molar-refractivity contribution in [3.05, 3.63) is 70.1 Å². The Morgan fingerprint density at radius 3 is 2.07 bits per heavy atom. The monoisotopic (exact) mass is 781 g/mol. The van der Waals surface area contributed by atoms with Crippen molar-refractivity contribution < 1.29 is 28.7 Å². The van der Waals surface area contributed by atoms with E-state index >= 15 is 0 Å². The summed E-state index contributed by atoms with van der Waals surface area (Å²) in [6.07, 6.45) is 5.45. The Balaban J connectivity index is 1.73. The molecule has 3 atom stereocenters. The van der Waals surface area contributed by atoms with Crippen molar-refractivity contribution in [2.45, 2.75) is 83.0 Å². The van der Waals surface area contributed by atoms with Gasteiger partial charge in [-0.3, -0.25) is 33.9 Å². The minimum absolute atomic E-state index is 0.108. The fraction of sp³-hybridized carbons (Fsp3) is 0.432. The predicted molar refractivity (Wildman–Crippen MR) is 215 cm³/mol. The van der Waals surface area contributed by atoms with Crippen LogP contribution in [-0.4, -0.2) is 83.0 Å². The zero-order valence-electron chi connectivity index (χ0n) is 30.7. The SMILES string of the molecule is CCCC[C@H](NC(=O)[C@H](CCCCN)NC(=O)[C@H](CCCN=C(N)N)NC(=O)c1ccc(/C=C2\SC(=S)N(Cc3ccc(OC)cc3)C2=O)cc1)C(N)=O. The Morgan fingerprint density at radius 2 is 1.48 bits per heavy atom. The lowest BCUT2D eigenvalue weighted by atomic mass is 10.0. The summed E-state index contributed by atoms with van der Waals surface area (Å²) >= 11 is 6.68. The summed E-state index contributed by atoms with van der Waals surface area (Å²) in [5.74, 6) is -1.98. The van der Waals surface area contributed by atoms with E-state index in [0.717, 1.165) is 12.0 Å². The number of guanidine groups is 1. The lowest BCUT2D eigenvalue weighted by Crippen LogP contribution is -2.56. The third-order valence-corrected chi connectivity index (χ3v) is 9.88. The van der Waals surface area contributed by atoms with Crippen LogP contribution in [0.3, 0.4) is 0 Å². The maximum Gasteiger partial charge on any atom is 0.266 e. The second kappa shape index (κ2) is 22.3. The minimum atomic E-state index is -1.06. The summed E-state index contributed by atoms with van der Waals surface area (Å²) in [6.45, 7) is 2.88. The van der Waals surface area contributed by atoms with E-state index < -0.39 is 41.8 Å². The Bertz CT molecular complexity index is 1680. The lowest BCUT2D eigenvalue weighted by Gasteiger charge is -2.25. The first-order valence-electron chi connectivity index (χ1n) is 17.8. The number of unbranched alkanes of at least 4 members (excludes halogenated alkanes) is 2. The van der Waals surface area contributed by atoms with Gasteiger partial charge >= 0.3 is 0 Å². The van der Waals surface area contributed by atoms with E-state index in [-0.39, 0.29) is 36.8 Å². The van der Waals surface area contributed by atoms with E-state index in [2.05, 4.69) is 20.9 Å². The molecule has 1 saturated heterocycles. The first kappa shape index (κ1) is 43.4. The van der Waals surface area contributed by atoms with E-state index in [1.165, 1.54) is 16.7 Å². The molecule has 292 valence electrons. The van der Waals surface area contributed by atoms with Crippen LogP contribution in [0, 0.1) is 0 Å². The number of carbonyl (C=O) groups excluding carboxylic acids is 5. The predicted octanol–water partition coefficient (Wildman–Crippen LogP) is 2.02. The van der Waals surface area contributed by atoms with Crippen LogP contribution >= 0.6 is 24.0 Å². The molecule has 11 N–H and O–H groups in total. The van der Waals surface area contributed by atoms with Crippen molar-refractivity contribution >= 4 is 69.9 Å². The molecule has 0 bridgehead atoms. The third kappa shape index (κ3) is 13.8. The average molecular weight is 782 g/mol. The van der Waals surface area contributed by atoms with Crippen molar-refractivity contribution in [2.24, 2.45) is 27.9 Å². The zero-order chi connectivity index (χ0) is 39.6. The highest BCUT2D eigenvalue weighted by molar-refractivity contribution is 8.26. The molecule has 2 aromatic rings. The van der Waals surface area contributed by atoms with Gasteiger partial charge in [-0.1, -0.05) is 68.0 Å². The molecule has 0 aromatic heterocycles. The van der Waals surface area contributed by atoms with Gasteiger partial charge in [0.05, 0.1) is 18.6 Å². The molecule has 0 unspecified atom stereocenters. The number of ether oxygens (including phenoxy) is 1. The standard InChI is InChI=1S/C37H51N9O6S2/c1-3-4-8-27(31(39)47)43-33(49)28(9-5-6-19-38)45-34(50)29(10-7-20-42-36(40)41)44-32(48)25-15-11-23(12-16-25)21-30-35(51)46(37(53)54-30)22-24-13-17-26(52-2)18-14-24/h11-18,21,27-29H,3-10,19-20,22,38H2,1-2H3,(H2,39,47)(H,43,49)(H,44,48)(H,45,50)(H4,40,41,42)/b30-21-/t27-,28-,29-/m0/s1. The fourth-order valence-electron chi connectivity index (χ4n) is 5.45. The number of thioether (sulfide) groups is 1. The zero-order valence-corrected chi connectivity index (χ0v) is 32.3. The molecule has 3 rings (SSSR count). The average Bonchev–Trinajstić information content (AvgIpc) is 3.41. The summed E-state index contributed by atoms with van der Waals surface area (Å²) in [7, 11) is 1.58. The number of primary amides is 1. The van der Waals surface area contributed by atoms with Gasteiger partial charge in [-0.15, -0.1) is 0 Å². The number of hydrogen-bond donors (Lipinski definition) is 7. The number of methoxy groups -OCH3 is 1. The fourth-order valence-corrected chi connectivity index (χ4v) is 6.70.